The summed E-state index contributed by atoms with van der Waals surface area (Å²) in [4.78, 5) is 48.6. The topological polar surface area (TPSA) is 132 Å². The van der Waals surface area contributed by atoms with Crippen LogP contribution in [0.1, 0.15) is 37.8 Å². The number of amides is 3. The minimum atomic E-state index is -1.22. The van der Waals surface area contributed by atoms with Crippen molar-refractivity contribution in [3.8, 4) is 11.1 Å². The maximum atomic E-state index is 12.5. The van der Waals surface area contributed by atoms with Gasteiger partial charge in [-0.25, -0.2) is 9.59 Å². The highest BCUT2D eigenvalue weighted by atomic mass is 16.6. The van der Waals surface area contributed by atoms with E-state index in [1.807, 2.05) is 48.5 Å². The minimum absolute atomic E-state index is 0.0958. The molecule has 1 atom stereocenters. The zero-order valence-corrected chi connectivity index (χ0v) is 20.8. The number of esters is 1. The van der Waals surface area contributed by atoms with Crippen LogP contribution in [0.25, 0.3) is 11.1 Å². The van der Waals surface area contributed by atoms with Crippen molar-refractivity contribution in [1.29, 1.82) is 0 Å². The number of rotatable bonds is 8. The standard InChI is InChI=1S/C26H31N3O7/c1-26(2,3)36-25(33)29-21(23(31)27-14-22(30)34-4)13-28-24(32)35-15-20-18-11-7-5-9-16(18)17-10-6-8-12-19(17)20/h5-12,20-21H,13-15H2,1-4H3,(H,27,31)(H,28,32)(H,29,33)/t21-/m1/s1. The number of alkyl carbamates (subject to hydrolysis) is 2. The molecular weight excluding hydrogens is 466 g/mol. The fraction of sp³-hybridized carbons (Fsp3) is 0.385. The Morgan fingerprint density at radius 1 is 0.889 bits per heavy atom. The molecule has 2 aromatic rings. The number of carbonyl (C=O) groups excluding carboxylic acids is 4. The van der Waals surface area contributed by atoms with E-state index in [1.165, 1.54) is 7.11 Å². The van der Waals surface area contributed by atoms with Gasteiger partial charge >= 0.3 is 18.2 Å². The van der Waals surface area contributed by atoms with Crippen molar-refractivity contribution in [3.63, 3.8) is 0 Å². The Hall–Kier alpha value is -4.08. The molecule has 36 heavy (non-hydrogen) atoms. The highest BCUT2D eigenvalue weighted by molar-refractivity contribution is 5.89. The van der Waals surface area contributed by atoms with E-state index >= 15 is 0 Å². The number of methoxy groups -OCH3 is 1. The molecule has 0 saturated heterocycles. The van der Waals surface area contributed by atoms with Gasteiger partial charge in [0.1, 0.15) is 24.8 Å². The summed E-state index contributed by atoms with van der Waals surface area (Å²) in [5.41, 5.74) is 3.55. The zero-order valence-electron chi connectivity index (χ0n) is 20.8. The van der Waals surface area contributed by atoms with E-state index in [1.54, 1.807) is 20.8 Å². The lowest BCUT2D eigenvalue weighted by Gasteiger charge is -2.23. The molecule has 0 fully saturated rings. The molecule has 0 heterocycles. The van der Waals surface area contributed by atoms with Gasteiger partial charge in [-0.3, -0.25) is 9.59 Å². The quantitative estimate of drug-likeness (QED) is 0.377. The second-order valence-corrected chi connectivity index (χ2v) is 9.20. The van der Waals surface area contributed by atoms with E-state index < -0.39 is 42.3 Å². The average Bonchev–Trinajstić information content (AvgIpc) is 3.16. The molecule has 0 aromatic heterocycles. The fourth-order valence-corrected chi connectivity index (χ4v) is 3.85. The molecular formula is C26H31N3O7. The van der Waals surface area contributed by atoms with Crippen molar-refractivity contribution in [2.75, 3.05) is 26.8 Å². The van der Waals surface area contributed by atoms with Gasteiger partial charge < -0.3 is 30.2 Å². The molecule has 3 amide bonds. The van der Waals surface area contributed by atoms with Crippen LogP contribution in [0.15, 0.2) is 48.5 Å². The van der Waals surface area contributed by atoms with Gasteiger partial charge in [-0.15, -0.1) is 0 Å². The monoisotopic (exact) mass is 497 g/mol. The number of hydrogen-bond acceptors (Lipinski definition) is 7. The highest BCUT2D eigenvalue weighted by Gasteiger charge is 2.30. The van der Waals surface area contributed by atoms with Crippen molar-refractivity contribution in [1.82, 2.24) is 16.0 Å². The minimum Gasteiger partial charge on any atom is -0.468 e. The average molecular weight is 498 g/mol. The largest absolute Gasteiger partial charge is 0.468 e. The Labute approximate surface area is 209 Å². The van der Waals surface area contributed by atoms with Crippen LogP contribution in [0.2, 0.25) is 0 Å². The molecule has 0 unspecified atom stereocenters. The first-order chi connectivity index (χ1) is 17.1. The first-order valence-electron chi connectivity index (χ1n) is 11.5. The van der Waals surface area contributed by atoms with Gasteiger partial charge in [-0.05, 0) is 43.0 Å². The van der Waals surface area contributed by atoms with Crippen LogP contribution in [0.3, 0.4) is 0 Å². The molecule has 192 valence electrons. The van der Waals surface area contributed by atoms with Crippen molar-refractivity contribution < 1.29 is 33.4 Å². The summed E-state index contributed by atoms with van der Waals surface area (Å²) in [6, 6.07) is 14.7. The second-order valence-electron chi connectivity index (χ2n) is 9.20. The number of carbonyl (C=O) groups is 4. The molecule has 3 rings (SSSR count). The number of nitrogens with one attached hydrogen (secondary N) is 3. The highest BCUT2D eigenvalue weighted by Crippen LogP contribution is 2.44. The van der Waals surface area contributed by atoms with Crippen LogP contribution >= 0.6 is 0 Å². The van der Waals surface area contributed by atoms with Gasteiger partial charge in [0.15, 0.2) is 0 Å². The second kappa shape index (κ2) is 11.6. The van der Waals surface area contributed by atoms with Crippen molar-refractivity contribution in [2.24, 2.45) is 0 Å². The fourth-order valence-electron chi connectivity index (χ4n) is 3.85. The Bertz CT molecular complexity index is 1080. The van der Waals surface area contributed by atoms with E-state index in [4.69, 9.17) is 9.47 Å². The Balaban J connectivity index is 1.60. The molecule has 0 aliphatic heterocycles. The maximum Gasteiger partial charge on any atom is 0.408 e. The lowest BCUT2D eigenvalue weighted by atomic mass is 9.98. The van der Waals surface area contributed by atoms with Crippen molar-refractivity contribution in [3.05, 3.63) is 59.7 Å². The van der Waals surface area contributed by atoms with E-state index in [0.717, 1.165) is 22.3 Å². The molecule has 10 nitrogen and oxygen atoms in total. The summed E-state index contributed by atoms with van der Waals surface area (Å²) in [6.45, 7) is 4.43. The van der Waals surface area contributed by atoms with Gasteiger partial charge in [0, 0.05) is 5.92 Å². The first-order valence-corrected chi connectivity index (χ1v) is 11.5. The third kappa shape index (κ3) is 6.97. The first kappa shape index (κ1) is 26.5. The Kier molecular flexibility index (Phi) is 8.52. The van der Waals surface area contributed by atoms with Gasteiger partial charge in [-0.2, -0.15) is 0 Å². The van der Waals surface area contributed by atoms with Crippen molar-refractivity contribution >= 4 is 24.1 Å². The van der Waals surface area contributed by atoms with Gasteiger partial charge in [0.2, 0.25) is 5.91 Å². The Morgan fingerprint density at radius 3 is 2.03 bits per heavy atom. The summed E-state index contributed by atoms with van der Waals surface area (Å²) < 4.78 is 15.2. The molecule has 0 spiro atoms. The smallest absolute Gasteiger partial charge is 0.408 e. The van der Waals surface area contributed by atoms with Crippen LogP contribution in [0, 0.1) is 0 Å². The number of ether oxygens (including phenoxy) is 3. The molecule has 10 heteroatoms. The third-order valence-electron chi connectivity index (χ3n) is 5.44. The molecule has 1 aliphatic rings. The van der Waals surface area contributed by atoms with Gasteiger partial charge in [-0.1, -0.05) is 48.5 Å². The van der Waals surface area contributed by atoms with E-state index in [0.29, 0.717) is 0 Å². The van der Waals surface area contributed by atoms with Gasteiger partial charge in [0.05, 0.1) is 13.7 Å². The normalized spacial score (nSPS) is 13.0. The molecule has 3 N–H and O–H groups in total. The summed E-state index contributed by atoms with van der Waals surface area (Å²) in [7, 11) is 1.18. The van der Waals surface area contributed by atoms with E-state index in [2.05, 4.69) is 20.7 Å². The van der Waals surface area contributed by atoms with Crippen LogP contribution in [0.4, 0.5) is 9.59 Å². The van der Waals surface area contributed by atoms with E-state index in [-0.39, 0.29) is 19.1 Å². The predicted octanol–water partition coefficient (Wildman–Crippen LogP) is 2.71. The van der Waals surface area contributed by atoms with Crippen molar-refractivity contribution in [2.45, 2.75) is 38.3 Å². The summed E-state index contributed by atoms with van der Waals surface area (Å²) in [5, 5.41) is 7.24. The maximum absolute atomic E-state index is 12.5. The molecule has 0 bridgehead atoms. The number of fused-ring (bicyclic) bond motifs is 3. The number of hydrogen-bond donors (Lipinski definition) is 3. The summed E-state index contributed by atoms with van der Waals surface area (Å²) in [6.07, 6.45) is -1.61. The summed E-state index contributed by atoms with van der Waals surface area (Å²) in [5.74, 6) is -1.49. The Morgan fingerprint density at radius 2 is 1.47 bits per heavy atom. The van der Waals surface area contributed by atoms with E-state index in [9.17, 15) is 19.2 Å². The van der Waals surface area contributed by atoms with Crippen LogP contribution < -0.4 is 16.0 Å². The zero-order chi connectivity index (χ0) is 26.3. The van der Waals surface area contributed by atoms with Crippen LogP contribution in [0.5, 0.6) is 0 Å². The third-order valence-corrected chi connectivity index (χ3v) is 5.44. The molecule has 0 saturated carbocycles. The summed E-state index contributed by atoms with van der Waals surface area (Å²) >= 11 is 0. The molecule has 1 aliphatic carbocycles. The van der Waals surface area contributed by atoms with Crippen LogP contribution in [-0.2, 0) is 23.8 Å². The van der Waals surface area contributed by atoms with Crippen LogP contribution in [-0.4, -0.2) is 62.5 Å². The lowest BCUT2D eigenvalue weighted by molar-refractivity contribution is -0.141. The molecule has 2 aromatic carbocycles. The SMILES string of the molecule is COC(=O)CNC(=O)[C@@H](CNC(=O)OCC1c2ccccc2-c2ccccc21)NC(=O)OC(C)(C)C. The van der Waals surface area contributed by atoms with Gasteiger partial charge in [0.25, 0.3) is 0 Å². The molecule has 0 radical (unpaired) electrons. The lowest BCUT2D eigenvalue weighted by Crippen LogP contribution is -2.54. The number of benzene rings is 2. The predicted molar refractivity (Wildman–Crippen MR) is 131 cm³/mol.